The molecule has 0 spiro atoms. The highest BCUT2D eigenvalue weighted by molar-refractivity contribution is 7.11. The highest BCUT2D eigenvalue weighted by Gasteiger charge is 2.10. The number of aromatic nitrogens is 1. The average Bonchev–Trinajstić information content (AvgIpc) is 2.85. The lowest BCUT2D eigenvalue weighted by Crippen LogP contribution is -2.18. The van der Waals surface area contributed by atoms with Crippen LogP contribution in [0, 0.1) is 0 Å². The summed E-state index contributed by atoms with van der Waals surface area (Å²) < 4.78 is 0. The van der Waals surface area contributed by atoms with Gasteiger partial charge >= 0.3 is 5.97 Å². The van der Waals surface area contributed by atoms with Gasteiger partial charge in [0.1, 0.15) is 0 Å². The van der Waals surface area contributed by atoms with Crippen molar-refractivity contribution in [1.82, 2.24) is 10.3 Å². The summed E-state index contributed by atoms with van der Waals surface area (Å²) in [5.74, 6) is -0.987. The second-order valence-electron chi connectivity index (χ2n) is 4.11. The number of thiazole rings is 1. The smallest absolute Gasteiger partial charge is 0.365 e. The van der Waals surface area contributed by atoms with Gasteiger partial charge in [0.05, 0.1) is 5.69 Å². The minimum atomic E-state index is -0.987. The normalized spacial score (nSPS) is 12.3. The fourth-order valence-corrected chi connectivity index (χ4v) is 2.49. The Labute approximate surface area is 120 Å². The van der Waals surface area contributed by atoms with Gasteiger partial charge < -0.3 is 10.4 Å². The van der Waals surface area contributed by atoms with Crippen molar-refractivity contribution in [2.75, 3.05) is 0 Å². The number of carboxylic acid groups (broad SMARTS) is 1. The van der Waals surface area contributed by atoms with Crippen molar-refractivity contribution < 1.29 is 9.90 Å². The Morgan fingerprint density at radius 1 is 1.58 bits per heavy atom. The van der Waals surface area contributed by atoms with Crippen molar-refractivity contribution in [2.24, 2.45) is 0 Å². The highest BCUT2D eigenvalue weighted by atomic mass is 35.5. The molecule has 1 heterocycles. The Balaban J connectivity index is 1.96. The first-order valence-corrected chi connectivity index (χ1v) is 6.98. The van der Waals surface area contributed by atoms with Gasteiger partial charge in [-0.3, -0.25) is 0 Å². The Morgan fingerprint density at radius 2 is 2.37 bits per heavy atom. The van der Waals surface area contributed by atoms with Crippen LogP contribution in [-0.2, 0) is 6.54 Å². The summed E-state index contributed by atoms with van der Waals surface area (Å²) in [5, 5.41) is 14.7. The van der Waals surface area contributed by atoms with Crippen LogP contribution in [0.3, 0.4) is 0 Å². The molecule has 0 aliphatic carbocycles. The van der Waals surface area contributed by atoms with Crippen molar-refractivity contribution >= 4 is 28.9 Å². The Bertz CT molecular complexity index is 586. The van der Waals surface area contributed by atoms with Gasteiger partial charge in [0.15, 0.2) is 0 Å². The van der Waals surface area contributed by atoms with E-state index in [0.29, 0.717) is 11.6 Å². The van der Waals surface area contributed by atoms with E-state index < -0.39 is 5.97 Å². The molecule has 0 amide bonds. The van der Waals surface area contributed by atoms with E-state index in [1.54, 1.807) is 5.38 Å². The van der Waals surface area contributed by atoms with E-state index in [2.05, 4.69) is 10.3 Å². The van der Waals surface area contributed by atoms with Crippen LogP contribution in [0.15, 0.2) is 29.6 Å². The number of nitrogens with zero attached hydrogens (tertiary/aromatic N) is 1. The minimum Gasteiger partial charge on any atom is -0.476 e. The lowest BCUT2D eigenvalue weighted by Gasteiger charge is -2.13. The molecule has 19 heavy (non-hydrogen) atoms. The molecule has 0 saturated heterocycles. The first kappa shape index (κ1) is 14.0. The van der Waals surface area contributed by atoms with Crippen LogP contribution in [0.25, 0.3) is 0 Å². The number of carbonyl (C=O) groups is 1. The van der Waals surface area contributed by atoms with E-state index in [-0.39, 0.29) is 11.0 Å². The summed E-state index contributed by atoms with van der Waals surface area (Å²) in [5.41, 5.74) is 1.82. The number of aromatic carboxylic acids is 1. The number of hydrogen-bond acceptors (Lipinski definition) is 4. The van der Waals surface area contributed by atoms with Crippen LogP contribution in [0.2, 0.25) is 5.02 Å². The molecule has 0 bridgehead atoms. The zero-order chi connectivity index (χ0) is 13.8. The zero-order valence-corrected chi connectivity index (χ0v) is 11.8. The van der Waals surface area contributed by atoms with Crippen LogP contribution in [0.4, 0.5) is 0 Å². The second-order valence-corrected chi connectivity index (χ2v) is 5.40. The van der Waals surface area contributed by atoms with E-state index in [4.69, 9.17) is 16.7 Å². The molecule has 1 aromatic carbocycles. The maximum Gasteiger partial charge on any atom is 0.365 e. The summed E-state index contributed by atoms with van der Waals surface area (Å²) in [4.78, 5) is 14.7. The van der Waals surface area contributed by atoms with Crippen molar-refractivity contribution in [1.29, 1.82) is 0 Å². The third-order valence-corrected chi connectivity index (χ3v) is 3.79. The van der Waals surface area contributed by atoms with Gasteiger partial charge in [-0.25, -0.2) is 9.78 Å². The van der Waals surface area contributed by atoms with Crippen LogP contribution in [0.1, 0.15) is 34.0 Å². The largest absolute Gasteiger partial charge is 0.476 e. The molecule has 0 fully saturated rings. The molecule has 0 aliphatic heterocycles. The lowest BCUT2D eigenvalue weighted by atomic mass is 10.1. The molecule has 4 nitrogen and oxygen atoms in total. The van der Waals surface area contributed by atoms with E-state index >= 15 is 0 Å². The second kappa shape index (κ2) is 6.14. The fraction of sp³-hybridized carbons (Fsp3) is 0.231. The first-order chi connectivity index (χ1) is 9.06. The predicted molar refractivity (Wildman–Crippen MR) is 75.8 cm³/mol. The zero-order valence-electron chi connectivity index (χ0n) is 10.3. The van der Waals surface area contributed by atoms with Crippen molar-refractivity contribution in [3.8, 4) is 0 Å². The van der Waals surface area contributed by atoms with E-state index in [1.807, 2.05) is 31.2 Å². The van der Waals surface area contributed by atoms with Gasteiger partial charge in [0.2, 0.25) is 5.01 Å². The SMILES string of the molecule is CC(NCc1csc(C(=O)O)n1)c1cccc(Cl)c1. The number of nitrogens with one attached hydrogen (secondary N) is 1. The molecule has 0 aliphatic rings. The molecule has 0 saturated carbocycles. The van der Waals surface area contributed by atoms with E-state index in [0.717, 1.165) is 22.6 Å². The average molecular weight is 297 g/mol. The lowest BCUT2D eigenvalue weighted by molar-refractivity contribution is 0.0696. The number of benzene rings is 1. The number of carboxylic acids is 1. The number of rotatable bonds is 5. The third-order valence-electron chi connectivity index (χ3n) is 2.67. The number of hydrogen-bond donors (Lipinski definition) is 2. The molecule has 1 aromatic heterocycles. The molecule has 2 aromatic rings. The maximum absolute atomic E-state index is 10.7. The third kappa shape index (κ3) is 3.76. The standard InChI is InChI=1S/C13H13ClN2O2S/c1-8(9-3-2-4-10(14)5-9)15-6-11-7-19-12(16-11)13(17)18/h2-5,7-8,15H,6H2,1H3,(H,17,18). The summed E-state index contributed by atoms with van der Waals surface area (Å²) in [7, 11) is 0. The molecular formula is C13H13ClN2O2S. The Kier molecular flexibility index (Phi) is 4.52. The van der Waals surface area contributed by atoms with Crippen molar-refractivity contribution in [2.45, 2.75) is 19.5 Å². The Hall–Kier alpha value is -1.43. The van der Waals surface area contributed by atoms with Gasteiger partial charge in [-0.15, -0.1) is 11.3 Å². The fourth-order valence-electron chi connectivity index (χ4n) is 1.64. The minimum absolute atomic E-state index is 0.118. The molecule has 1 unspecified atom stereocenters. The number of halogens is 1. The molecule has 0 radical (unpaired) electrons. The van der Waals surface area contributed by atoms with Gasteiger partial charge in [0.25, 0.3) is 0 Å². The highest BCUT2D eigenvalue weighted by Crippen LogP contribution is 2.18. The van der Waals surface area contributed by atoms with Gasteiger partial charge in [0, 0.05) is 23.0 Å². The van der Waals surface area contributed by atoms with Crippen LogP contribution < -0.4 is 5.32 Å². The van der Waals surface area contributed by atoms with Gasteiger partial charge in [-0.05, 0) is 24.6 Å². The maximum atomic E-state index is 10.7. The van der Waals surface area contributed by atoms with Gasteiger partial charge in [-0.1, -0.05) is 23.7 Å². The monoisotopic (exact) mass is 296 g/mol. The predicted octanol–water partition coefficient (Wildman–Crippen LogP) is 3.35. The first-order valence-electron chi connectivity index (χ1n) is 5.73. The Morgan fingerprint density at radius 3 is 3.00 bits per heavy atom. The summed E-state index contributed by atoms with van der Waals surface area (Å²) in [6, 6.07) is 7.75. The van der Waals surface area contributed by atoms with Crippen molar-refractivity contribution in [3.63, 3.8) is 0 Å². The van der Waals surface area contributed by atoms with E-state index in [1.165, 1.54) is 0 Å². The van der Waals surface area contributed by atoms with Gasteiger partial charge in [-0.2, -0.15) is 0 Å². The molecule has 100 valence electrons. The molecule has 6 heteroatoms. The van der Waals surface area contributed by atoms with Crippen LogP contribution in [0.5, 0.6) is 0 Å². The molecule has 2 N–H and O–H groups in total. The molecular weight excluding hydrogens is 284 g/mol. The molecule has 1 atom stereocenters. The molecule has 2 rings (SSSR count). The quantitative estimate of drug-likeness (QED) is 0.888. The van der Waals surface area contributed by atoms with E-state index in [9.17, 15) is 4.79 Å². The summed E-state index contributed by atoms with van der Waals surface area (Å²) in [6.45, 7) is 2.55. The van der Waals surface area contributed by atoms with Crippen LogP contribution >= 0.6 is 22.9 Å². The topological polar surface area (TPSA) is 62.2 Å². The van der Waals surface area contributed by atoms with Crippen molar-refractivity contribution in [3.05, 3.63) is 50.9 Å². The summed E-state index contributed by atoms with van der Waals surface area (Å²) in [6.07, 6.45) is 0. The summed E-state index contributed by atoms with van der Waals surface area (Å²) >= 11 is 7.08. The van der Waals surface area contributed by atoms with Crippen LogP contribution in [-0.4, -0.2) is 16.1 Å².